The fourth-order valence-electron chi connectivity index (χ4n) is 4.86. The number of sulfonamides is 1. The van der Waals surface area contributed by atoms with Crippen molar-refractivity contribution in [1.82, 2.24) is 10.0 Å². The van der Waals surface area contributed by atoms with Crippen LogP contribution in [0.4, 0.5) is 13.2 Å². The van der Waals surface area contributed by atoms with Gasteiger partial charge in [-0.15, -0.1) is 0 Å². The second-order valence-corrected chi connectivity index (χ2v) is 13.1. The molecule has 0 atom stereocenters. The van der Waals surface area contributed by atoms with Crippen LogP contribution in [0, 0.1) is 3.57 Å². The van der Waals surface area contributed by atoms with Gasteiger partial charge in [0, 0.05) is 28.1 Å². The van der Waals surface area contributed by atoms with Crippen LogP contribution in [0.3, 0.4) is 0 Å². The monoisotopic (exact) mass is 726 g/mol. The van der Waals surface area contributed by atoms with Gasteiger partial charge >= 0.3 is 12.1 Å². The van der Waals surface area contributed by atoms with Gasteiger partial charge < -0.3 is 14.5 Å². The molecular weight excluding hydrogens is 700 g/mol. The van der Waals surface area contributed by atoms with Crippen molar-refractivity contribution in [2.75, 3.05) is 14.2 Å². The number of esters is 1. The highest BCUT2D eigenvalue weighted by Crippen LogP contribution is 2.45. The number of furan rings is 1. The maximum atomic E-state index is 13.2. The molecule has 2 N–H and O–H groups in total. The summed E-state index contributed by atoms with van der Waals surface area (Å²) >= 11 is 2.00. The summed E-state index contributed by atoms with van der Waals surface area (Å²) in [4.78, 5) is 25.0. The average molecular weight is 727 g/mol. The zero-order chi connectivity index (χ0) is 31.1. The van der Waals surface area contributed by atoms with E-state index in [0.29, 0.717) is 25.6 Å². The predicted molar refractivity (Wildman–Crippen MR) is 162 cm³/mol. The molecule has 4 aromatic rings. The van der Waals surface area contributed by atoms with Crippen LogP contribution < -0.4 is 10.0 Å². The molecule has 0 radical (unpaired) electrons. The molecule has 5 rings (SSSR count). The fourth-order valence-corrected chi connectivity index (χ4v) is 6.57. The Morgan fingerprint density at radius 2 is 1.77 bits per heavy atom. The molecule has 0 saturated heterocycles. The Kier molecular flexibility index (Phi) is 8.60. The van der Waals surface area contributed by atoms with Crippen molar-refractivity contribution in [3.05, 3.63) is 91.5 Å². The van der Waals surface area contributed by atoms with E-state index >= 15 is 0 Å². The topological polar surface area (TPSA) is 115 Å². The number of benzene rings is 3. The first-order chi connectivity index (χ1) is 20.3. The van der Waals surface area contributed by atoms with Gasteiger partial charge in [-0.05, 0) is 94.4 Å². The van der Waals surface area contributed by atoms with Crippen molar-refractivity contribution in [2.24, 2.45) is 0 Å². The molecule has 1 fully saturated rings. The minimum Gasteiger partial charge on any atom is -0.465 e. The van der Waals surface area contributed by atoms with E-state index < -0.39 is 33.6 Å². The molecule has 3 aromatic carbocycles. The van der Waals surface area contributed by atoms with Crippen LogP contribution in [0.25, 0.3) is 22.3 Å². The summed E-state index contributed by atoms with van der Waals surface area (Å²) in [6.07, 6.45) is -2.82. The third kappa shape index (κ3) is 6.73. The minimum atomic E-state index is -4.52. The van der Waals surface area contributed by atoms with E-state index in [1.807, 2.05) is 22.6 Å². The number of carbonyl (C=O) groups is 2. The Bertz CT molecular complexity index is 1830. The molecule has 0 unspecified atom stereocenters. The number of rotatable bonds is 9. The summed E-state index contributed by atoms with van der Waals surface area (Å²) in [7, 11) is -1.16. The van der Waals surface area contributed by atoms with Crippen molar-refractivity contribution in [3.8, 4) is 11.3 Å². The molecule has 1 aromatic heterocycles. The molecular formula is C30H26F3IN2O6S. The molecule has 1 saturated carbocycles. The Hall–Kier alpha value is -3.43. The lowest BCUT2D eigenvalue weighted by Crippen LogP contribution is -2.25. The number of fused-ring (bicyclic) bond motifs is 1. The third-order valence-corrected chi connectivity index (χ3v) is 9.39. The van der Waals surface area contributed by atoms with Gasteiger partial charge in [0.25, 0.3) is 5.91 Å². The van der Waals surface area contributed by atoms with E-state index in [1.165, 1.54) is 26.3 Å². The second kappa shape index (κ2) is 11.9. The summed E-state index contributed by atoms with van der Waals surface area (Å²) in [5, 5.41) is 3.00. The van der Waals surface area contributed by atoms with Gasteiger partial charge in [-0.2, -0.15) is 13.2 Å². The van der Waals surface area contributed by atoms with Gasteiger partial charge in [0.15, 0.2) is 0 Å². The third-order valence-electron chi connectivity index (χ3n) is 7.17. The maximum absolute atomic E-state index is 13.2. The van der Waals surface area contributed by atoms with E-state index in [9.17, 15) is 31.2 Å². The molecule has 13 heteroatoms. The number of alkyl halides is 3. The largest absolute Gasteiger partial charge is 0.465 e. The quantitative estimate of drug-likeness (QED) is 0.153. The average Bonchev–Trinajstić information content (AvgIpc) is 3.75. The molecule has 1 amide bonds. The molecule has 226 valence electrons. The van der Waals surface area contributed by atoms with E-state index in [1.54, 1.807) is 30.3 Å². The first-order valence-corrected chi connectivity index (χ1v) is 15.9. The summed E-state index contributed by atoms with van der Waals surface area (Å²) < 4.78 is 79.9. The van der Waals surface area contributed by atoms with Crippen LogP contribution in [0.5, 0.6) is 0 Å². The first-order valence-electron chi connectivity index (χ1n) is 13.1. The molecule has 8 nitrogen and oxygen atoms in total. The Balaban J connectivity index is 1.49. The van der Waals surface area contributed by atoms with Crippen LogP contribution in [0.2, 0.25) is 0 Å². The number of halogens is 4. The van der Waals surface area contributed by atoms with Crippen molar-refractivity contribution in [3.63, 3.8) is 0 Å². The number of amides is 1. The van der Waals surface area contributed by atoms with E-state index in [0.717, 1.165) is 30.5 Å². The highest BCUT2D eigenvalue weighted by Gasteiger charge is 2.32. The maximum Gasteiger partial charge on any atom is 0.416 e. The van der Waals surface area contributed by atoms with Gasteiger partial charge in [0.05, 0.1) is 29.6 Å². The van der Waals surface area contributed by atoms with Crippen molar-refractivity contribution < 1.29 is 40.3 Å². The molecule has 1 aliphatic carbocycles. The van der Waals surface area contributed by atoms with E-state index in [4.69, 9.17) is 9.15 Å². The van der Waals surface area contributed by atoms with Gasteiger partial charge in [-0.3, -0.25) is 4.79 Å². The zero-order valence-electron chi connectivity index (χ0n) is 23.0. The second-order valence-electron chi connectivity index (χ2n) is 10.2. The van der Waals surface area contributed by atoms with E-state index in [2.05, 4.69) is 10.0 Å². The van der Waals surface area contributed by atoms with Crippen molar-refractivity contribution in [2.45, 2.75) is 37.2 Å². The van der Waals surface area contributed by atoms with Crippen LogP contribution in [0.15, 0.2) is 59.0 Å². The molecule has 0 bridgehead atoms. The molecule has 1 aliphatic rings. The van der Waals surface area contributed by atoms with Gasteiger partial charge in [0.1, 0.15) is 11.3 Å². The number of nitrogens with one attached hydrogen (secondary N) is 2. The number of carbonyl (C=O) groups excluding carboxylic acids is 2. The van der Waals surface area contributed by atoms with Crippen LogP contribution >= 0.6 is 22.6 Å². The smallest absolute Gasteiger partial charge is 0.416 e. The van der Waals surface area contributed by atoms with Crippen LogP contribution in [-0.2, 0) is 33.2 Å². The molecule has 0 spiro atoms. The zero-order valence-corrected chi connectivity index (χ0v) is 25.9. The summed E-state index contributed by atoms with van der Waals surface area (Å²) in [5.74, 6) is -1.18. The van der Waals surface area contributed by atoms with Crippen LogP contribution in [-0.4, -0.2) is 34.5 Å². The lowest BCUT2D eigenvalue weighted by Gasteiger charge is -2.12. The van der Waals surface area contributed by atoms with Gasteiger partial charge in [-0.1, -0.05) is 18.2 Å². The number of methoxy groups -OCH3 is 1. The Morgan fingerprint density at radius 3 is 2.37 bits per heavy atom. The number of hydrogen-bond acceptors (Lipinski definition) is 6. The SMILES string of the molecule is CNC(=O)c1c(-c2ccc(C(F)(F)F)cc2)oc2cc(CS(=O)(=O)NCc3ccc(I)c(C(=O)OC)c3)c(C3CC3)cc12. The Morgan fingerprint density at radius 1 is 1.07 bits per heavy atom. The Labute approximate surface area is 259 Å². The van der Waals surface area contributed by atoms with Crippen molar-refractivity contribution >= 4 is 55.5 Å². The summed E-state index contributed by atoms with van der Waals surface area (Å²) in [5.41, 5.74) is 2.00. The standard InChI is InChI=1S/C30H26F3IN2O6S/c1-35-28(37)26-23-13-21(17-4-5-17)19(12-25(23)42-27(26)18-6-8-20(9-7-18)30(31,32)33)15-43(39,40)36-14-16-3-10-24(34)22(11-16)29(38)41-2/h3,6-13,17,36H,4-5,14-15H2,1-2H3,(H,35,37). The number of hydrogen-bond donors (Lipinski definition) is 2. The lowest BCUT2D eigenvalue weighted by molar-refractivity contribution is -0.137. The highest BCUT2D eigenvalue weighted by molar-refractivity contribution is 14.1. The summed E-state index contributed by atoms with van der Waals surface area (Å²) in [6, 6.07) is 12.6. The minimum absolute atomic E-state index is 0.0517. The van der Waals surface area contributed by atoms with Crippen molar-refractivity contribution in [1.29, 1.82) is 0 Å². The molecule has 1 heterocycles. The first kappa shape index (κ1) is 31.0. The van der Waals surface area contributed by atoms with Crippen LogP contribution in [0.1, 0.15) is 61.7 Å². The van der Waals surface area contributed by atoms with E-state index in [-0.39, 0.29) is 40.7 Å². The lowest BCUT2D eigenvalue weighted by atomic mass is 9.98. The van der Waals surface area contributed by atoms with Gasteiger partial charge in [0.2, 0.25) is 10.0 Å². The highest BCUT2D eigenvalue weighted by atomic mass is 127. The fraction of sp³-hybridized carbons (Fsp3) is 0.267. The number of ether oxygens (including phenoxy) is 1. The summed E-state index contributed by atoms with van der Waals surface area (Å²) in [6.45, 7) is -0.0517. The molecule has 43 heavy (non-hydrogen) atoms. The molecule has 0 aliphatic heterocycles. The van der Waals surface area contributed by atoms with Gasteiger partial charge in [-0.25, -0.2) is 17.9 Å². The predicted octanol–water partition coefficient (Wildman–Crippen LogP) is 6.37. The normalized spacial score (nSPS) is 13.7.